The monoisotopic (exact) mass is 595 g/mol. The first-order valence-electron chi connectivity index (χ1n) is 17.0. The van der Waals surface area contributed by atoms with Gasteiger partial charge in [-0.3, -0.25) is 4.90 Å². The number of rotatable bonds is 5. The molecule has 1 aromatic heterocycles. The van der Waals surface area contributed by atoms with E-state index < -0.39 is 0 Å². The van der Waals surface area contributed by atoms with Gasteiger partial charge >= 0.3 is 0 Å². The maximum absolute atomic E-state index is 9.73. The minimum atomic E-state index is -0.229. The van der Waals surface area contributed by atoms with Crippen LogP contribution in [0.15, 0.2) is 0 Å². The molecule has 4 aliphatic rings. The van der Waals surface area contributed by atoms with Crippen molar-refractivity contribution in [2.75, 3.05) is 16.8 Å². The standard InChI is InChI=1S/C35H62N8/c1-30(2,3)21-31(4,5)41-28-38-27-24-23(20-32(6,7)43(34(24,10)11)29(39-27)40-28)37-26-25(36)22-18-16-14-15-17-19-42(33(22,8)9)35(26,12)13/h22-24,26,36-37H,14-21H2,1-13H3,(H,38,39,40,41). The third-order valence-electron chi connectivity index (χ3n) is 11.2. The van der Waals surface area contributed by atoms with Gasteiger partial charge in [0.25, 0.3) is 0 Å². The number of aromatic nitrogens is 3. The summed E-state index contributed by atoms with van der Waals surface area (Å²) in [5.74, 6) is 2.66. The Hall–Kier alpha value is -1.80. The molecule has 6 bridgehead atoms. The lowest BCUT2D eigenvalue weighted by Crippen LogP contribution is -2.77. The zero-order valence-corrected chi connectivity index (χ0v) is 29.7. The summed E-state index contributed by atoms with van der Waals surface area (Å²) in [6, 6.07) is 0.101. The quantitative estimate of drug-likeness (QED) is 0.333. The summed E-state index contributed by atoms with van der Waals surface area (Å²) in [5.41, 5.74) is 0.308. The van der Waals surface area contributed by atoms with E-state index in [0.717, 1.165) is 43.3 Å². The highest BCUT2D eigenvalue weighted by Gasteiger charge is 2.60. The van der Waals surface area contributed by atoms with Gasteiger partial charge in [0.2, 0.25) is 11.9 Å². The van der Waals surface area contributed by atoms with Crippen LogP contribution in [0.25, 0.3) is 0 Å². The second kappa shape index (κ2) is 10.4. The van der Waals surface area contributed by atoms with Gasteiger partial charge in [-0.25, -0.2) is 0 Å². The molecule has 0 aliphatic carbocycles. The molecule has 1 aromatic rings. The van der Waals surface area contributed by atoms with Crippen molar-refractivity contribution in [1.82, 2.24) is 25.2 Å². The van der Waals surface area contributed by atoms with Crippen molar-refractivity contribution in [2.24, 2.45) is 11.3 Å². The Labute approximate surface area is 262 Å². The van der Waals surface area contributed by atoms with E-state index in [9.17, 15) is 5.41 Å². The third kappa shape index (κ3) is 5.73. The second-order valence-corrected chi connectivity index (χ2v) is 18.4. The fourth-order valence-corrected chi connectivity index (χ4v) is 10.3. The van der Waals surface area contributed by atoms with Crippen molar-refractivity contribution in [1.29, 1.82) is 5.41 Å². The number of nitrogens with one attached hydrogen (secondary N) is 3. The lowest BCUT2D eigenvalue weighted by molar-refractivity contribution is -0.0397. The van der Waals surface area contributed by atoms with E-state index in [2.05, 4.69) is 110 Å². The summed E-state index contributed by atoms with van der Waals surface area (Å²) in [6.45, 7) is 31.3. The highest BCUT2D eigenvalue weighted by atomic mass is 15.4. The summed E-state index contributed by atoms with van der Waals surface area (Å²) >= 11 is 0. The van der Waals surface area contributed by atoms with E-state index in [0.29, 0.717) is 5.95 Å². The molecule has 5 atom stereocenters. The molecule has 3 N–H and O–H groups in total. The molecule has 0 radical (unpaired) electrons. The molecule has 8 heteroatoms. The molecule has 3 fully saturated rings. The van der Waals surface area contributed by atoms with Crippen molar-refractivity contribution in [3.63, 3.8) is 0 Å². The van der Waals surface area contributed by atoms with E-state index >= 15 is 0 Å². The maximum Gasteiger partial charge on any atom is 0.231 e. The van der Waals surface area contributed by atoms with Crippen molar-refractivity contribution < 1.29 is 0 Å². The molecule has 43 heavy (non-hydrogen) atoms. The molecule has 0 amide bonds. The van der Waals surface area contributed by atoms with Crippen molar-refractivity contribution in [3.8, 4) is 0 Å². The predicted octanol–water partition coefficient (Wildman–Crippen LogP) is 7.16. The summed E-state index contributed by atoms with van der Waals surface area (Å²) in [6.07, 6.45) is 8.06. The summed E-state index contributed by atoms with van der Waals surface area (Å²) in [7, 11) is 0. The van der Waals surface area contributed by atoms with E-state index in [1.54, 1.807) is 0 Å². The van der Waals surface area contributed by atoms with Crippen LogP contribution in [0, 0.1) is 16.7 Å². The van der Waals surface area contributed by atoms with E-state index in [4.69, 9.17) is 15.0 Å². The molecule has 5 heterocycles. The average molecular weight is 595 g/mol. The van der Waals surface area contributed by atoms with Crippen LogP contribution in [0.4, 0.5) is 11.9 Å². The lowest BCUT2D eigenvalue weighted by Gasteiger charge is -2.64. The van der Waals surface area contributed by atoms with E-state index in [1.807, 2.05) is 0 Å². The van der Waals surface area contributed by atoms with Crippen LogP contribution in [0.1, 0.15) is 147 Å². The van der Waals surface area contributed by atoms with Crippen molar-refractivity contribution in [2.45, 2.75) is 181 Å². The Morgan fingerprint density at radius 3 is 2.14 bits per heavy atom. The SMILES string of the molecule is CC(C)(C)CC(C)(C)Nc1nc2nc(n1)N1C(C)(C)CC(NC3C(=N)C4CCCCCCN(C4(C)C)C3(C)C)C2C1(C)C. The Balaban J connectivity index is 1.53. The van der Waals surface area contributed by atoms with Gasteiger partial charge in [-0.05, 0) is 107 Å². The zero-order valence-electron chi connectivity index (χ0n) is 29.7. The molecular formula is C35H62N8. The number of piperidine rings is 2. The molecule has 0 saturated carbocycles. The van der Waals surface area contributed by atoms with Crippen LogP contribution >= 0.6 is 0 Å². The first-order chi connectivity index (χ1) is 19.6. The number of anilines is 2. The van der Waals surface area contributed by atoms with Gasteiger partial charge in [-0.15, -0.1) is 0 Å². The molecule has 0 spiro atoms. The van der Waals surface area contributed by atoms with Gasteiger partial charge in [0.1, 0.15) is 5.82 Å². The van der Waals surface area contributed by atoms with Gasteiger partial charge in [-0.1, -0.05) is 40.0 Å². The molecule has 4 aliphatic heterocycles. The van der Waals surface area contributed by atoms with Gasteiger partial charge in [0, 0.05) is 45.4 Å². The molecule has 0 aromatic carbocycles. The first kappa shape index (κ1) is 32.6. The molecule has 5 rings (SSSR count). The maximum atomic E-state index is 9.73. The first-order valence-corrected chi connectivity index (χ1v) is 17.0. The molecule has 3 saturated heterocycles. The van der Waals surface area contributed by atoms with Crippen LogP contribution in [-0.4, -0.2) is 71.9 Å². The van der Waals surface area contributed by atoms with E-state index in [-0.39, 0.29) is 57.0 Å². The molecular weight excluding hydrogens is 532 g/mol. The fraction of sp³-hybridized carbons (Fsp3) is 0.886. The van der Waals surface area contributed by atoms with Crippen LogP contribution < -0.4 is 15.5 Å². The third-order valence-corrected chi connectivity index (χ3v) is 11.2. The number of hydrogen-bond donors (Lipinski definition) is 3. The largest absolute Gasteiger partial charge is 0.349 e. The van der Waals surface area contributed by atoms with Gasteiger partial charge in [-0.2, -0.15) is 15.0 Å². The minimum Gasteiger partial charge on any atom is -0.349 e. The van der Waals surface area contributed by atoms with Crippen molar-refractivity contribution in [3.05, 3.63) is 5.82 Å². The summed E-state index contributed by atoms with van der Waals surface area (Å²) < 4.78 is 0. The Morgan fingerprint density at radius 1 is 0.837 bits per heavy atom. The van der Waals surface area contributed by atoms with Crippen LogP contribution in [-0.2, 0) is 0 Å². The van der Waals surface area contributed by atoms with Crippen LogP contribution in [0.3, 0.4) is 0 Å². The topological polar surface area (TPSA) is 93.1 Å². The normalized spacial score (nSPS) is 32.8. The van der Waals surface area contributed by atoms with Gasteiger partial charge in [0.15, 0.2) is 0 Å². The van der Waals surface area contributed by atoms with Crippen LogP contribution in [0.5, 0.6) is 0 Å². The van der Waals surface area contributed by atoms with Gasteiger partial charge in [0.05, 0.1) is 12.0 Å². The molecule has 8 nitrogen and oxygen atoms in total. The molecule has 5 unspecified atom stereocenters. The number of fused-ring (bicyclic) bond motifs is 8. The highest BCUT2D eigenvalue weighted by molar-refractivity contribution is 5.92. The van der Waals surface area contributed by atoms with E-state index in [1.165, 1.54) is 25.7 Å². The van der Waals surface area contributed by atoms with Crippen LogP contribution in [0.2, 0.25) is 0 Å². The smallest absolute Gasteiger partial charge is 0.231 e. The number of hydrogen-bond acceptors (Lipinski definition) is 8. The Kier molecular flexibility index (Phi) is 7.86. The van der Waals surface area contributed by atoms with Gasteiger partial charge < -0.3 is 20.9 Å². The Bertz CT molecular complexity index is 1220. The predicted molar refractivity (Wildman–Crippen MR) is 179 cm³/mol. The second-order valence-electron chi connectivity index (χ2n) is 18.4. The minimum absolute atomic E-state index is 0.0284. The lowest BCUT2D eigenvalue weighted by atomic mass is 9.64. The number of nitrogens with zero attached hydrogens (tertiary/aromatic N) is 5. The highest BCUT2D eigenvalue weighted by Crippen LogP contribution is 2.52. The molecule has 242 valence electrons. The van der Waals surface area contributed by atoms with Crippen molar-refractivity contribution >= 4 is 17.6 Å². The fourth-order valence-electron chi connectivity index (χ4n) is 10.3. The summed E-state index contributed by atoms with van der Waals surface area (Å²) in [4.78, 5) is 20.5. The average Bonchev–Trinajstić information content (AvgIpc) is 2.84. The Morgan fingerprint density at radius 2 is 1.49 bits per heavy atom. The zero-order chi connectivity index (χ0) is 32.0. The summed E-state index contributed by atoms with van der Waals surface area (Å²) in [5, 5.41) is 17.6.